The minimum atomic E-state index is -3.52. The van der Waals surface area contributed by atoms with Crippen molar-refractivity contribution in [2.75, 3.05) is 32.9 Å². The standard InChI is InChI=1S/C16H22N4O3S/c1-17-10-12-6-5-8-19(11-12)15(21)14-13-7-3-4-9-20(13)16(18-14)24(2,22)23/h3-4,7,9,12,17H,5-6,8,10-11H2,1-2H3. The van der Waals surface area contributed by atoms with Crippen molar-refractivity contribution in [1.82, 2.24) is 19.6 Å². The minimum Gasteiger partial charge on any atom is -0.337 e. The number of nitrogens with zero attached hydrogens (tertiary/aromatic N) is 3. The molecule has 2 aromatic rings. The summed E-state index contributed by atoms with van der Waals surface area (Å²) in [5.74, 6) is 0.213. The van der Waals surface area contributed by atoms with E-state index in [-0.39, 0.29) is 16.8 Å². The van der Waals surface area contributed by atoms with Gasteiger partial charge in [0.1, 0.15) is 0 Å². The van der Waals surface area contributed by atoms with Gasteiger partial charge in [0.15, 0.2) is 5.69 Å². The minimum absolute atomic E-state index is 0.0924. The van der Waals surface area contributed by atoms with E-state index >= 15 is 0 Å². The average Bonchev–Trinajstić information content (AvgIpc) is 2.94. The summed E-state index contributed by atoms with van der Waals surface area (Å²) in [5, 5.41) is 3.06. The van der Waals surface area contributed by atoms with Crippen molar-refractivity contribution >= 4 is 21.3 Å². The summed E-state index contributed by atoms with van der Waals surface area (Å²) in [6, 6.07) is 5.23. The van der Waals surface area contributed by atoms with Gasteiger partial charge in [0.25, 0.3) is 5.91 Å². The van der Waals surface area contributed by atoms with E-state index < -0.39 is 9.84 Å². The maximum Gasteiger partial charge on any atom is 0.274 e. The highest BCUT2D eigenvalue weighted by atomic mass is 32.2. The van der Waals surface area contributed by atoms with Crippen LogP contribution in [0.25, 0.3) is 5.52 Å². The smallest absolute Gasteiger partial charge is 0.274 e. The lowest BCUT2D eigenvalue weighted by atomic mass is 9.98. The molecule has 1 atom stereocenters. The van der Waals surface area contributed by atoms with Gasteiger partial charge in [-0.2, -0.15) is 0 Å². The lowest BCUT2D eigenvalue weighted by Crippen LogP contribution is -2.42. The molecule has 3 rings (SSSR count). The topological polar surface area (TPSA) is 83.8 Å². The molecule has 7 nitrogen and oxygen atoms in total. The molecule has 130 valence electrons. The number of piperidine rings is 1. The molecule has 1 aliphatic rings. The lowest BCUT2D eigenvalue weighted by Gasteiger charge is -2.32. The molecule has 1 saturated heterocycles. The Hall–Kier alpha value is -1.93. The second kappa shape index (κ2) is 6.52. The summed E-state index contributed by atoms with van der Waals surface area (Å²) in [5.41, 5.74) is 0.736. The number of hydrogen-bond donors (Lipinski definition) is 1. The first-order valence-corrected chi connectivity index (χ1v) is 9.92. The number of pyridine rings is 1. The third kappa shape index (κ3) is 3.16. The number of sulfone groups is 1. The third-order valence-electron chi connectivity index (χ3n) is 4.35. The Kier molecular flexibility index (Phi) is 4.60. The number of nitrogens with one attached hydrogen (secondary N) is 1. The summed E-state index contributed by atoms with van der Waals surface area (Å²) in [6.45, 7) is 2.21. The Bertz CT molecular complexity index is 857. The fraction of sp³-hybridized carbons (Fsp3) is 0.500. The van der Waals surface area contributed by atoms with Gasteiger partial charge in [-0.3, -0.25) is 9.20 Å². The van der Waals surface area contributed by atoms with Crippen molar-refractivity contribution in [2.24, 2.45) is 5.92 Å². The van der Waals surface area contributed by atoms with Crippen LogP contribution in [0.2, 0.25) is 0 Å². The van der Waals surface area contributed by atoms with Crippen molar-refractivity contribution in [3.63, 3.8) is 0 Å². The number of carbonyl (C=O) groups excluding carboxylic acids is 1. The van der Waals surface area contributed by atoms with E-state index in [1.54, 1.807) is 29.3 Å². The normalized spacial score (nSPS) is 18.9. The van der Waals surface area contributed by atoms with Crippen molar-refractivity contribution in [1.29, 1.82) is 0 Å². The third-order valence-corrected chi connectivity index (χ3v) is 5.30. The molecule has 3 heterocycles. The van der Waals surface area contributed by atoms with E-state index in [4.69, 9.17) is 0 Å². The molecule has 1 aliphatic heterocycles. The molecule has 0 spiro atoms. The zero-order valence-corrected chi connectivity index (χ0v) is 14.7. The van der Waals surface area contributed by atoms with Gasteiger partial charge >= 0.3 is 0 Å². The SMILES string of the molecule is CNCC1CCCN(C(=O)c2nc(S(C)(=O)=O)n3ccccc23)C1. The summed E-state index contributed by atoms with van der Waals surface area (Å²) >= 11 is 0. The Morgan fingerprint density at radius 1 is 1.42 bits per heavy atom. The van der Waals surface area contributed by atoms with Crippen molar-refractivity contribution in [3.05, 3.63) is 30.1 Å². The van der Waals surface area contributed by atoms with Gasteiger partial charge < -0.3 is 10.2 Å². The van der Waals surface area contributed by atoms with Crippen LogP contribution in [0.4, 0.5) is 0 Å². The summed E-state index contributed by atoms with van der Waals surface area (Å²) in [6.07, 6.45) is 4.76. The number of carbonyl (C=O) groups is 1. The zero-order chi connectivity index (χ0) is 17.3. The van der Waals surface area contributed by atoms with Gasteiger partial charge in [-0.1, -0.05) is 6.07 Å². The van der Waals surface area contributed by atoms with Crippen LogP contribution < -0.4 is 5.32 Å². The molecular weight excluding hydrogens is 328 g/mol. The van der Waals surface area contributed by atoms with Crippen LogP contribution in [-0.2, 0) is 9.84 Å². The largest absolute Gasteiger partial charge is 0.337 e. The van der Waals surface area contributed by atoms with E-state index in [0.29, 0.717) is 24.5 Å². The van der Waals surface area contributed by atoms with Gasteiger partial charge in [-0.25, -0.2) is 13.4 Å². The van der Waals surface area contributed by atoms with Crippen LogP contribution in [0.1, 0.15) is 23.3 Å². The zero-order valence-electron chi connectivity index (χ0n) is 13.9. The lowest BCUT2D eigenvalue weighted by molar-refractivity contribution is 0.0670. The molecule has 8 heteroatoms. The van der Waals surface area contributed by atoms with Crippen LogP contribution in [0.5, 0.6) is 0 Å². The molecule has 0 radical (unpaired) electrons. The quantitative estimate of drug-likeness (QED) is 0.882. The Morgan fingerprint density at radius 3 is 2.92 bits per heavy atom. The van der Waals surface area contributed by atoms with E-state index in [0.717, 1.165) is 25.6 Å². The van der Waals surface area contributed by atoms with Gasteiger partial charge in [-0.15, -0.1) is 0 Å². The fourth-order valence-corrected chi connectivity index (χ4v) is 4.06. The molecular formula is C16H22N4O3S. The molecule has 2 aromatic heterocycles. The van der Waals surface area contributed by atoms with Gasteiger partial charge in [-0.05, 0) is 44.5 Å². The van der Waals surface area contributed by atoms with Crippen LogP contribution >= 0.6 is 0 Å². The van der Waals surface area contributed by atoms with Crippen LogP contribution in [-0.4, -0.2) is 61.5 Å². The number of likely N-dealkylation sites (tertiary alicyclic amines) is 1. The maximum atomic E-state index is 12.9. The highest BCUT2D eigenvalue weighted by Crippen LogP contribution is 2.22. The summed E-state index contributed by atoms with van der Waals surface area (Å²) in [7, 11) is -1.62. The van der Waals surface area contributed by atoms with Gasteiger partial charge in [0.2, 0.25) is 15.0 Å². The van der Waals surface area contributed by atoms with Gasteiger partial charge in [0, 0.05) is 25.5 Å². The molecule has 24 heavy (non-hydrogen) atoms. The predicted octanol–water partition coefficient (Wildman–Crippen LogP) is 0.809. The highest BCUT2D eigenvalue weighted by Gasteiger charge is 2.29. The van der Waals surface area contributed by atoms with Crippen molar-refractivity contribution in [3.8, 4) is 0 Å². The van der Waals surface area contributed by atoms with E-state index in [9.17, 15) is 13.2 Å². The van der Waals surface area contributed by atoms with Crippen LogP contribution in [0.3, 0.4) is 0 Å². The summed E-state index contributed by atoms with van der Waals surface area (Å²) in [4.78, 5) is 18.9. The van der Waals surface area contributed by atoms with E-state index in [2.05, 4.69) is 10.3 Å². The van der Waals surface area contributed by atoms with Gasteiger partial charge in [0.05, 0.1) is 5.52 Å². The fourth-order valence-electron chi connectivity index (χ4n) is 3.28. The molecule has 1 N–H and O–H groups in total. The number of imidazole rings is 1. The molecule has 0 aromatic carbocycles. The number of fused-ring (bicyclic) bond motifs is 1. The first kappa shape index (κ1) is 16.9. The Morgan fingerprint density at radius 2 is 2.21 bits per heavy atom. The van der Waals surface area contributed by atoms with Crippen LogP contribution in [0, 0.1) is 5.92 Å². The number of amides is 1. The number of aromatic nitrogens is 2. The maximum absolute atomic E-state index is 12.9. The molecule has 0 saturated carbocycles. The second-order valence-electron chi connectivity index (χ2n) is 6.29. The number of hydrogen-bond acceptors (Lipinski definition) is 5. The summed E-state index contributed by atoms with van der Waals surface area (Å²) < 4.78 is 25.4. The molecule has 1 unspecified atom stereocenters. The Labute approximate surface area is 141 Å². The number of rotatable bonds is 4. The van der Waals surface area contributed by atoms with Crippen molar-refractivity contribution in [2.45, 2.75) is 18.0 Å². The Balaban J connectivity index is 1.99. The molecule has 1 amide bonds. The molecule has 0 bridgehead atoms. The molecule has 1 fully saturated rings. The highest BCUT2D eigenvalue weighted by molar-refractivity contribution is 7.90. The van der Waals surface area contributed by atoms with E-state index in [1.165, 1.54) is 4.40 Å². The van der Waals surface area contributed by atoms with Crippen molar-refractivity contribution < 1.29 is 13.2 Å². The first-order valence-electron chi connectivity index (χ1n) is 8.03. The second-order valence-corrected chi connectivity index (χ2v) is 8.20. The predicted molar refractivity (Wildman–Crippen MR) is 90.9 cm³/mol. The van der Waals surface area contributed by atoms with Crippen LogP contribution in [0.15, 0.2) is 29.6 Å². The molecule has 0 aliphatic carbocycles. The monoisotopic (exact) mass is 350 g/mol. The average molecular weight is 350 g/mol. The van der Waals surface area contributed by atoms with E-state index in [1.807, 2.05) is 7.05 Å². The first-order chi connectivity index (χ1) is 11.4.